The van der Waals surface area contributed by atoms with Crippen LogP contribution in [-0.2, 0) is 9.47 Å². The monoisotopic (exact) mass is 287 g/mol. The van der Waals surface area contributed by atoms with Crippen molar-refractivity contribution in [3.8, 4) is 0 Å². The average molecular weight is 288 g/mol. The lowest BCUT2D eigenvalue weighted by Crippen LogP contribution is -2.12. The van der Waals surface area contributed by atoms with Crippen LogP contribution in [-0.4, -0.2) is 33.0 Å². The molecule has 0 fully saturated rings. The Balaban J connectivity index is 2.03. The Labute approximate surface area is 105 Å². The van der Waals surface area contributed by atoms with Gasteiger partial charge in [0.1, 0.15) is 0 Å². The summed E-state index contributed by atoms with van der Waals surface area (Å²) in [5.41, 5.74) is 1.10. The van der Waals surface area contributed by atoms with Gasteiger partial charge >= 0.3 is 0 Å². The molecule has 0 aliphatic heterocycles. The molecular weight excluding hydrogens is 270 g/mol. The maximum absolute atomic E-state index is 5.39. The molecule has 1 N–H and O–H groups in total. The van der Waals surface area contributed by atoms with Crippen LogP contribution in [0.5, 0.6) is 0 Å². The van der Waals surface area contributed by atoms with Gasteiger partial charge in [0.15, 0.2) is 0 Å². The molecule has 0 aliphatic rings. The number of halogens is 1. The van der Waals surface area contributed by atoms with Crippen LogP contribution < -0.4 is 5.32 Å². The van der Waals surface area contributed by atoms with E-state index >= 15 is 0 Å². The van der Waals surface area contributed by atoms with Crippen LogP contribution in [0.25, 0.3) is 0 Å². The Kier molecular flexibility index (Phi) is 7.21. The maximum atomic E-state index is 5.39. The van der Waals surface area contributed by atoms with Crippen molar-refractivity contribution in [3.05, 3.63) is 28.7 Å². The van der Waals surface area contributed by atoms with E-state index in [4.69, 9.17) is 9.47 Å². The molecule has 0 aromatic heterocycles. The molecule has 0 radical (unpaired) electrons. The van der Waals surface area contributed by atoms with Crippen molar-refractivity contribution < 1.29 is 9.47 Å². The second kappa shape index (κ2) is 8.56. The SMILES string of the molecule is CCOCCOCCNc1cccc(Br)c1. The van der Waals surface area contributed by atoms with E-state index in [0.717, 1.165) is 23.3 Å². The fourth-order valence-corrected chi connectivity index (χ4v) is 1.63. The first-order chi connectivity index (χ1) is 7.83. The van der Waals surface area contributed by atoms with E-state index in [1.165, 1.54) is 0 Å². The third-order valence-corrected chi connectivity index (χ3v) is 2.47. The fourth-order valence-electron chi connectivity index (χ4n) is 1.23. The van der Waals surface area contributed by atoms with Gasteiger partial charge in [0.2, 0.25) is 0 Å². The van der Waals surface area contributed by atoms with Crippen LogP contribution in [0.15, 0.2) is 28.7 Å². The molecule has 90 valence electrons. The maximum Gasteiger partial charge on any atom is 0.0701 e. The lowest BCUT2D eigenvalue weighted by Gasteiger charge is -2.07. The Morgan fingerprint density at radius 2 is 2.00 bits per heavy atom. The van der Waals surface area contributed by atoms with Gasteiger partial charge in [0.05, 0.1) is 19.8 Å². The highest BCUT2D eigenvalue weighted by atomic mass is 79.9. The Morgan fingerprint density at radius 1 is 1.19 bits per heavy atom. The molecule has 3 nitrogen and oxygen atoms in total. The van der Waals surface area contributed by atoms with E-state index in [0.29, 0.717) is 19.8 Å². The summed E-state index contributed by atoms with van der Waals surface area (Å²) < 4.78 is 11.6. The number of hydrogen-bond acceptors (Lipinski definition) is 3. The second-order valence-electron chi connectivity index (χ2n) is 3.25. The smallest absolute Gasteiger partial charge is 0.0701 e. The van der Waals surface area contributed by atoms with Crippen molar-refractivity contribution in [2.45, 2.75) is 6.92 Å². The lowest BCUT2D eigenvalue weighted by atomic mass is 10.3. The van der Waals surface area contributed by atoms with Crippen LogP contribution >= 0.6 is 15.9 Å². The minimum absolute atomic E-state index is 0.661. The van der Waals surface area contributed by atoms with Gasteiger partial charge < -0.3 is 14.8 Å². The van der Waals surface area contributed by atoms with Crippen molar-refractivity contribution in [3.63, 3.8) is 0 Å². The summed E-state index contributed by atoms with van der Waals surface area (Å²) in [4.78, 5) is 0. The summed E-state index contributed by atoms with van der Waals surface area (Å²) in [6, 6.07) is 8.08. The van der Waals surface area contributed by atoms with Gasteiger partial charge in [0, 0.05) is 23.3 Å². The van der Waals surface area contributed by atoms with Gasteiger partial charge in [-0.2, -0.15) is 0 Å². The quantitative estimate of drug-likeness (QED) is 0.746. The van der Waals surface area contributed by atoms with Gasteiger partial charge in [-0.1, -0.05) is 22.0 Å². The van der Waals surface area contributed by atoms with E-state index in [1.54, 1.807) is 0 Å². The summed E-state index contributed by atoms with van der Waals surface area (Å²) in [7, 11) is 0. The van der Waals surface area contributed by atoms with E-state index in [9.17, 15) is 0 Å². The predicted molar refractivity (Wildman–Crippen MR) is 69.9 cm³/mol. The van der Waals surface area contributed by atoms with Crippen molar-refractivity contribution in [2.24, 2.45) is 0 Å². The first-order valence-electron chi connectivity index (χ1n) is 5.48. The van der Waals surface area contributed by atoms with E-state index < -0.39 is 0 Å². The number of ether oxygens (including phenoxy) is 2. The zero-order valence-electron chi connectivity index (χ0n) is 9.54. The molecule has 0 heterocycles. The second-order valence-corrected chi connectivity index (χ2v) is 4.16. The van der Waals surface area contributed by atoms with Crippen LogP contribution in [0.3, 0.4) is 0 Å². The van der Waals surface area contributed by atoms with Gasteiger partial charge in [-0.05, 0) is 25.1 Å². The highest BCUT2D eigenvalue weighted by Crippen LogP contribution is 2.14. The Morgan fingerprint density at radius 3 is 2.75 bits per heavy atom. The molecule has 1 rings (SSSR count). The zero-order chi connectivity index (χ0) is 11.6. The molecule has 1 aromatic carbocycles. The molecular formula is C12H18BrNO2. The topological polar surface area (TPSA) is 30.5 Å². The minimum Gasteiger partial charge on any atom is -0.383 e. The molecule has 0 unspecified atom stereocenters. The molecule has 0 amide bonds. The molecule has 0 spiro atoms. The third-order valence-electron chi connectivity index (χ3n) is 1.98. The van der Waals surface area contributed by atoms with Gasteiger partial charge in [-0.25, -0.2) is 0 Å². The molecule has 0 saturated heterocycles. The summed E-state index contributed by atoms with van der Waals surface area (Å²) in [5, 5.41) is 3.28. The van der Waals surface area contributed by atoms with Crippen LogP contribution in [0.1, 0.15) is 6.92 Å². The molecule has 4 heteroatoms. The summed E-state index contributed by atoms with van der Waals surface area (Å²) in [6.07, 6.45) is 0. The first-order valence-corrected chi connectivity index (χ1v) is 6.27. The average Bonchev–Trinajstić information content (AvgIpc) is 2.28. The summed E-state index contributed by atoms with van der Waals surface area (Å²) in [6.45, 7) is 5.57. The summed E-state index contributed by atoms with van der Waals surface area (Å²) >= 11 is 3.43. The molecule has 0 saturated carbocycles. The zero-order valence-corrected chi connectivity index (χ0v) is 11.1. The highest BCUT2D eigenvalue weighted by molar-refractivity contribution is 9.10. The predicted octanol–water partition coefficient (Wildman–Crippen LogP) is 2.91. The van der Waals surface area contributed by atoms with Crippen LogP contribution in [0.4, 0.5) is 5.69 Å². The van der Waals surface area contributed by atoms with E-state index in [2.05, 4.69) is 21.2 Å². The minimum atomic E-state index is 0.661. The van der Waals surface area contributed by atoms with E-state index in [1.807, 2.05) is 31.2 Å². The normalized spacial score (nSPS) is 10.4. The van der Waals surface area contributed by atoms with Crippen molar-refractivity contribution in [1.29, 1.82) is 0 Å². The molecule has 0 aliphatic carbocycles. The van der Waals surface area contributed by atoms with Crippen LogP contribution in [0, 0.1) is 0 Å². The molecule has 1 aromatic rings. The largest absolute Gasteiger partial charge is 0.383 e. The fraction of sp³-hybridized carbons (Fsp3) is 0.500. The third kappa shape index (κ3) is 6.10. The van der Waals surface area contributed by atoms with E-state index in [-0.39, 0.29) is 0 Å². The number of hydrogen-bond donors (Lipinski definition) is 1. The number of benzene rings is 1. The van der Waals surface area contributed by atoms with Crippen LogP contribution in [0.2, 0.25) is 0 Å². The van der Waals surface area contributed by atoms with Crippen molar-refractivity contribution in [1.82, 2.24) is 0 Å². The highest BCUT2D eigenvalue weighted by Gasteiger charge is 1.93. The number of nitrogens with one attached hydrogen (secondary N) is 1. The Bertz CT molecular complexity index is 294. The van der Waals surface area contributed by atoms with Crippen molar-refractivity contribution in [2.75, 3.05) is 38.3 Å². The standard InChI is InChI=1S/C12H18BrNO2/c1-2-15-8-9-16-7-6-14-12-5-3-4-11(13)10-12/h3-5,10,14H,2,6-9H2,1H3. The number of rotatable bonds is 8. The van der Waals surface area contributed by atoms with Gasteiger partial charge in [-0.3, -0.25) is 0 Å². The molecule has 0 bridgehead atoms. The van der Waals surface area contributed by atoms with Gasteiger partial charge in [-0.15, -0.1) is 0 Å². The van der Waals surface area contributed by atoms with Gasteiger partial charge in [0.25, 0.3) is 0 Å². The number of anilines is 1. The first kappa shape index (κ1) is 13.5. The molecule has 16 heavy (non-hydrogen) atoms. The molecule has 0 atom stereocenters. The summed E-state index contributed by atoms with van der Waals surface area (Å²) in [5.74, 6) is 0. The Hall–Kier alpha value is -0.580. The van der Waals surface area contributed by atoms with Crippen molar-refractivity contribution >= 4 is 21.6 Å². The lowest BCUT2D eigenvalue weighted by molar-refractivity contribution is 0.0570.